The van der Waals surface area contributed by atoms with Gasteiger partial charge in [-0.1, -0.05) is 35.0 Å². The molecule has 0 aliphatic rings. The van der Waals surface area contributed by atoms with E-state index in [0.29, 0.717) is 5.56 Å². The zero-order valence-corrected chi connectivity index (χ0v) is 16.5. The number of hydrogen-bond acceptors (Lipinski definition) is 5. The fraction of sp³-hybridized carbons (Fsp3) is 0.118. The minimum absolute atomic E-state index is 0.101. The first-order chi connectivity index (χ1) is 13.9. The summed E-state index contributed by atoms with van der Waals surface area (Å²) in [6.07, 6.45) is -5.15. The molecular formula is C17H11ClF4N4O3S. The lowest BCUT2D eigenvalue weighted by Gasteiger charge is -2.13. The third-order valence-electron chi connectivity index (χ3n) is 3.84. The normalized spacial score (nSPS) is 12.1. The molecule has 1 heterocycles. The monoisotopic (exact) mass is 462 g/mol. The fourth-order valence-corrected chi connectivity index (χ4v) is 3.88. The van der Waals surface area contributed by atoms with E-state index in [1.165, 1.54) is 35.1 Å². The van der Waals surface area contributed by atoms with Crippen LogP contribution < -0.4 is 4.72 Å². The molecule has 13 heteroatoms. The van der Waals surface area contributed by atoms with Gasteiger partial charge in [0.25, 0.3) is 15.9 Å². The van der Waals surface area contributed by atoms with Crippen LogP contribution in [0.1, 0.15) is 21.7 Å². The molecule has 3 rings (SSSR count). The number of halogens is 5. The molecule has 2 aromatic carbocycles. The highest BCUT2D eigenvalue weighted by atomic mass is 35.5. The van der Waals surface area contributed by atoms with Gasteiger partial charge in [-0.3, -0.25) is 4.79 Å². The van der Waals surface area contributed by atoms with Crippen LogP contribution in [0.2, 0.25) is 5.02 Å². The third-order valence-corrected chi connectivity index (χ3v) is 5.51. The Kier molecular flexibility index (Phi) is 5.56. The van der Waals surface area contributed by atoms with Gasteiger partial charge in [-0.2, -0.15) is 13.2 Å². The Morgan fingerprint density at radius 2 is 1.83 bits per heavy atom. The van der Waals surface area contributed by atoms with Gasteiger partial charge in [0, 0.05) is 0 Å². The minimum atomic E-state index is -5.15. The Bertz CT molecular complexity index is 1240. The van der Waals surface area contributed by atoms with Gasteiger partial charge in [0.05, 0.1) is 10.7 Å². The Morgan fingerprint density at radius 3 is 2.43 bits per heavy atom. The smallest absolute Gasteiger partial charge is 0.266 e. The van der Waals surface area contributed by atoms with Crippen molar-refractivity contribution in [3.63, 3.8) is 0 Å². The van der Waals surface area contributed by atoms with Gasteiger partial charge in [-0.05, 0) is 36.8 Å². The first-order valence-electron chi connectivity index (χ1n) is 8.03. The second-order valence-corrected chi connectivity index (χ2v) is 8.07. The summed E-state index contributed by atoms with van der Waals surface area (Å²) in [4.78, 5) is 11.4. The summed E-state index contributed by atoms with van der Waals surface area (Å²) in [6.45, 7) is 1.66. The van der Waals surface area contributed by atoms with Crippen molar-refractivity contribution >= 4 is 27.5 Å². The second kappa shape index (κ2) is 7.69. The van der Waals surface area contributed by atoms with Gasteiger partial charge in [0.1, 0.15) is 10.7 Å². The van der Waals surface area contributed by atoms with E-state index in [0.717, 1.165) is 12.1 Å². The van der Waals surface area contributed by atoms with Gasteiger partial charge < -0.3 is 0 Å². The van der Waals surface area contributed by atoms with Crippen LogP contribution in [0.3, 0.4) is 0 Å². The van der Waals surface area contributed by atoms with Gasteiger partial charge >= 0.3 is 6.18 Å². The zero-order valence-electron chi connectivity index (χ0n) is 14.9. The van der Waals surface area contributed by atoms with E-state index in [4.69, 9.17) is 11.6 Å². The Balaban J connectivity index is 2.07. The molecule has 0 atom stereocenters. The lowest BCUT2D eigenvalue weighted by atomic mass is 10.2. The number of hydrogen-bond donors (Lipinski definition) is 1. The molecule has 1 amide bonds. The first kappa shape index (κ1) is 21.7. The molecule has 7 nitrogen and oxygen atoms in total. The second-order valence-electron chi connectivity index (χ2n) is 6.02. The number of sulfonamides is 1. The van der Waals surface area contributed by atoms with Crippen molar-refractivity contribution in [3.8, 4) is 5.69 Å². The van der Waals surface area contributed by atoms with Crippen LogP contribution in [-0.4, -0.2) is 29.3 Å². The first-order valence-corrected chi connectivity index (χ1v) is 9.89. The molecule has 0 saturated carbocycles. The van der Waals surface area contributed by atoms with Crippen molar-refractivity contribution in [1.82, 2.24) is 19.7 Å². The highest BCUT2D eigenvalue weighted by Crippen LogP contribution is 2.34. The van der Waals surface area contributed by atoms with Crippen LogP contribution in [0, 0.1) is 12.7 Å². The number of amides is 1. The van der Waals surface area contributed by atoms with Gasteiger partial charge in [-0.15, -0.1) is 5.10 Å². The predicted octanol–water partition coefficient (Wildman–Crippen LogP) is 3.51. The number of rotatable bonds is 4. The van der Waals surface area contributed by atoms with E-state index in [-0.39, 0.29) is 15.4 Å². The number of carbonyl (C=O) groups is 1. The molecule has 0 bridgehead atoms. The van der Waals surface area contributed by atoms with E-state index in [2.05, 4.69) is 10.3 Å². The van der Waals surface area contributed by atoms with E-state index in [1.807, 2.05) is 0 Å². The van der Waals surface area contributed by atoms with Crippen LogP contribution in [-0.2, 0) is 16.2 Å². The quantitative estimate of drug-likeness (QED) is 0.599. The topological polar surface area (TPSA) is 93.9 Å². The van der Waals surface area contributed by atoms with Gasteiger partial charge in [-0.25, -0.2) is 22.2 Å². The highest BCUT2D eigenvalue weighted by Gasteiger charge is 2.43. The van der Waals surface area contributed by atoms with Crippen molar-refractivity contribution < 1.29 is 30.8 Å². The van der Waals surface area contributed by atoms with Crippen molar-refractivity contribution in [2.75, 3.05) is 0 Å². The van der Waals surface area contributed by atoms with Crippen molar-refractivity contribution in [2.24, 2.45) is 0 Å². The average molecular weight is 463 g/mol. The van der Waals surface area contributed by atoms with Crippen molar-refractivity contribution in [2.45, 2.75) is 18.0 Å². The van der Waals surface area contributed by atoms with Gasteiger partial charge in [0.2, 0.25) is 0 Å². The molecule has 0 unspecified atom stereocenters. The molecule has 0 aliphatic carbocycles. The van der Waals surface area contributed by atoms with E-state index < -0.39 is 44.2 Å². The zero-order chi connectivity index (χ0) is 22.3. The highest BCUT2D eigenvalue weighted by molar-refractivity contribution is 7.90. The summed E-state index contributed by atoms with van der Waals surface area (Å²) in [7, 11) is -4.81. The van der Waals surface area contributed by atoms with E-state index >= 15 is 0 Å². The van der Waals surface area contributed by atoms with Crippen LogP contribution >= 0.6 is 11.6 Å². The number of aromatic nitrogens is 3. The summed E-state index contributed by atoms with van der Waals surface area (Å²) in [5, 5.41) is 6.40. The lowest BCUT2D eigenvalue weighted by Crippen LogP contribution is -2.33. The molecule has 0 aliphatic heterocycles. The Labute approximate surface area is 172 Å². The summed E-state index contributed by atoms with van der Waals surface area (Å²) in [5.74, 6) is -2.93. The fourth-order valence-electron chi connectivity index (χ4n) is 2.53. The molecule has 0 spiro atoms. The largest absolute Gasteiger partial charge is 0.435 e. The minimum Gasteiger partial charge on any atom is -0.266 e. The Morgan fingerprint density at radius 1 is 1.17 bits per heavy atom. The number of nitrogens with zero attached hydrogens (tertiary/aromatic N) is 3. The number of benzene rings is 2. The maximum atomic E-state index is 13.8. The molecule has 3 aromatic rings. The summed E-state index contributed by atoms with van der Waals surface area (Å²) >= 11 is 5.98. The molecule has 1 aromatic heterocycles. The Hall–Kier alpha value is -2.99. The summed E-state index contributed by atoms with van der Waals surface area (Å²) in [5.41, 5.74) is -2.53. The molecule has 1 N–H and O–H groups in total. The predicted molar refractivity (Wildman–Crippen MR) is 97.2 cm³/mol. The summed E-state index contributed by atoms with van der Waals surface area (Å²) < 4.78 is 80.9. The van der Waals surface area contributed by atoms with Crippen LogP contribution in [0.5, 0.6) is 0 Å². The molecule has 30 heavy (non-hydrogen) atoms. The van der Waals surface area contributed by atoms with Crippen molar-refractivity contribution in [1.29, 1.82) is 0 Å². The van der Waals surface area contributed by atoms with Crippen molar-refractivity contribution in [3.05, 3.63) is 70.3 Å². The maximum absolute atomic E-state index is 13.8. The molecule has 158 valence electrons. The average Bonchev–Trinajstić information content (AvgIpc) is 3.07. The molecule has 0 fully saturated rings. The van der Waals surface area contributed by atoms with Gasteiger partial charge in [0.15, 0.2) is 11.4 Å². The standard InChI is InChI=1S/C17H11ClF4N4O3S/c1-9-6-7-12(10(18)8-9)26-15(17(20,21)22)14(23-25-26)16(27)24-30(28,29)13-5-3-2-4-11(13)19/h2-8H,1H3,(H,24,27). The van der Waals surface area contributed by atoms with E-state index in [9.17, 15) is 30.8 Å². The lowest BCUT2D eigenvalue weighted by molar-refractivity contribution is -0.143. The summed E-state index contributed by atoms with van der Waals surface area (Å²) in [6, 6.07) is 8.12. The van der Waals surface area contributed by atoms with E-state index in [1.54, 1.807) is 6.92 Å². The van der Waals surface area contributed by atoms with Crippen LogP contribution in [0.4, 0.5) is 17.6 Å². The maximum Gasteiger partial charge on any atom is 0.435 e. The van der Waals surface area contributed by atoms with Crippen LogP contribution in [0.25, 0.3) is 5.69 Å². The molecule has 0 radical (unpaired) electrons. The van der Waals surface area contributed by atoms with Crippen LogP contribution in [0.15, 0.2) is 47.4 Å². The SMILES string of the molecule is Cc1ccc(-n2nnc(C(=O)NS(=O)(=O)c3ccccc3F)c2C(F)(F)F)c(Cl)c1. The molecular weight excluding hydrogens is 452 g/mol. The third kappa shape index (κ3) is 4.14. The number of nitrogens with one attached hydrogen (secondary N) is 1. The molecule has 0 saturated heterocycles. The number of carbonyl (C=O) groups excluding carboxylic acids is 1. The number of aryl methyl sites for hydroxylation is 1. The number of alkyl halides is 3.